The third-order valence-electron chi connectivity index (χ3n) is 0.234. The Hall–Kier alpha value is -0.120. The van der Waals surface area contributed by atoms with Gasteiger partial charge in [-0.2, -0.15) is 0 Å². The Morgan fingerprint density at radius 3 is 2.33 bits per heavy atom. The van der Waals surface area contributed by atoms with E-state index in [4.69, 9.17) is 29.6 Å². The van der Waals surface area contributed by atoms with Gasteiger partial charge >= 0.3 is 0 Å². The Bertz CT molecular complexity index is 96.6. The van der Waals surface area contributed by atoms with Crippen molar-refractivity contribution in [3.05, 3.63) is 10.6 Å². The molecule has 0 nitrogen and oxygen atoms in total. The van der Waals surface area contributed by atoms with Crippen LogP contribution in [0.3, 0.4) is 0 Å². The summed E-state index contributed by atoms with van der Waals surface area (Å²) in [5.41, 5.74) is 1.14. The molecule has 0 aliphatic carbocycles. The maximum Gasteiger partial charge on any atom is 0.101 e. The number of terminal acetylenes is 1. The molecule has 0 fully saturated rings. The van der Waals surface area contributed by atoms with Crippen molar-refractivity contribution in [2.75, 3.05) is 0 Å². The van der Waals surface area contributed by atoms with Crippen molar-refractivity contribution < 1.29 is 0 Å². The molecular weight excluding hydrogens is 119 g/mol. The van der Waals surface area contributed by atoms with E-state index in [9.17, 15) is 0 Å². The molecule has 0 amide bonds. The van der Waals surface area contributed by atoms with Gasteiger partial charge in [0.1, 0.15) is 5.03 Å². The van der Waals surface area contributed by atoms with E-state index < -0.39 is 0 Å². The fourth-order valence-electron chi connectivity index (χ4n) is 0.0315. The minimum atomic E-state index is 0.233. The SMILES string of the molecule is C#C/C(Cl)=C\Cl. The predicted molar refractivity (Wildman–Crippen MR) is 28.6 cm³/mol. The second-order valence-corrected chi connectivity index (χ2v) is 1.23. The summed E-state index contributed by atoms with van der Waals surface area (Å²) in [7, 11) is 0. The molecule has 32 valence electrons. The van der Waals surface area contributed by atoms with Gasteiger partial charge in [-0.3, -0.25) is 0 Å². The Labute approximate surface area is 46.8 Å². The second kappa shape index (κ2) is 3.08. The van der Waals surface area contributed by atoms with Gasteiger partial charge in [-0.05, 0) is 0 Å². The number of hydrogen-bond donors (Lipinski definition) is 0. The highest BCUT2D eigenvalue weighted by atomic mass is 35.5. The molecule has 0 saturated heterocycles. The molecule has 0 aromatic heterocycles. The Morgan fingerprint density at radius 2 is 2.33 bits per heavy atom. The van der Waals surface area contributed by atoms with E-state index in [2.05, 4.69) is 5.92 Å². The summed E-state index contributed by atoms with van der Waals surface area (Å²) in [4.78, 5) is 0. The standard InChI is InChI=1S/C4H2Cl2/c1-2-4(6)3-5/h1,3H/b4-3+. The average molecular weight is 121 g/mol. The van der Waals surface area contributed by atoms with Crippen molar-refractivity contribution >= 4 is 23.2 Å². The predicted octanol–water partition coefficient (Wildman–Crippen LogP) is 1.94. The summed E-state index contributed by atoms with van der Waals surface area (Å²) in [5, 5.41) is 0.233. The molecule has 0 spiro atoms. The van der Waals surface area contributed by atoms with Crippen molar-refractivity contribution in [2.24, 2.45) is 0 Å². The van der Waals surface area contributed by atoms with Crippen LogP contribution in [-0.4, -0.2) is 0 Å². The summed E-state index contributed by atoms with van der Waals surface area (Å²) in [6.07, 6.45) is 4.75. The van der Waals surface area contributed by atoms with Crippen molar-refractivity contribution in [3.8, 4) is 12.3 Å². The molecule has 0 aromatic rings. The minimum absolute atomic E-state index is 0.233. The van der Waals surface area contributed by atoms with Gasteiger partial charge in [-0.15, -0.1) is 6.42 Å². The van der Waals surface area contributed by atoms with Gasteiger partial charge in [0.2, 0.25) is 0 Å². The zero-order valence-corrected chi connectivity index (χ0v) is 4.42. The highest BCUT2D eigenvalue weighted by Gasteiger charge is 1.72. The molecule has 0 atom stereocenters. The van der Waals surface area contributed by atoms with Gasteiger partial charge in [0.25, 0.3) is 0 Å². The van der Waals surface area contributed by atoms with Gasteiger partial charge in [0, 0.05) is 5.54 Å². The molecule has 0 saturated carbocycles. The van der Waals surface area contributed by atoms with Crippen LogP contribution in [0.2, 0.25) is 0 Å². The molecule has 0 rings (SSSR count). The summed E-state index contributed by atoms with van der Waals surface area (Å²) >= 11 is 10.2. The van der Waals surface area contributed by atoms with Crippen molar-refractivity contribution in [1.82, 2.24) is 0 Å². The second-order valence-electron chi connectivity index (χ2n) is 0.601. The quantitative estimate of drug-likeness (QED) is 0.429. The van der Waals surface area contributed by atoms with E-state index in [0.29, 0.717) is 0 Å². The molecule has 0 aliphatic rings. The van der Waals surface area contributed by atoms with Crippen LogP contribution in [0.15, 0.2) is 10.6 Å². The molecule has 6 heavy (non-hydrogen) atoms. The van der Waals surface area contributed by atoms with E-state index in [1.54, 1.807) is 0 Å². The van der Waals surface area contributed by atoms with E-state index >= 15 is 0 Å². The van der Waals surface area contributed by atoms with Gasteiger partial charge in [-0.1, -0.05) is 29.1 Å². The summed E-state index contributed by atoms with van der Waals surface area (Å²) in [6.45, 7) is 0. The van der Waals surface area contributed by atoms with Crippen LogP contribution in [0, 0.1) is 12.3 Å². The third kappa shape index (κ3) is 2.14. The van der Waals surface area contributed by atoms with Gasteiger partial charge in [-0.25, -0.2) is 0 Å². The molecule has 0 unspecified atom stereocenters. The molecule has 0 heterocycles. The fraction of sp³-hybridized carbons (Fsp3) is 0. The number of rotatable bonds is 0. The van der Waals surface area contributed by atoms with Crippen LogP contribution in [0.1, 0.15) is 0 Å². The first-order chi connectivity index (χ1) is 2.81. The lowest BCUT2D eigenvalue weighted by atomic mass is 10.7. The first kappa shape index (κ1) is 5.88. The van der Waals surface area contributed by atoms with Crippen molar-refractivity contribution in [2.45, 2.75) is 0 Å². The monoisotopic (exact) mass is 120 g/mol. The van der Waals surface area contributed by atoms with Gasteiger partial charge < -0.3 is 0 Å². The van der Waals surface area contributed by atoms with E-state index in [0.717, 1.165) is 5.54 Å². The lowest BCUT2D eigenvalue weighted by Crippen LogP contribution is -1.50. The molecule has 0 N–H and O–H groups in total. The largest absolute Gasteiger partial charge is 0.114 e. The normalized spacial score (nSPS) is 10.5. The number of halogens is 2. The highest BCUT2D eigenvalue weighted by molar-refractivity contribution is 6.38. The average Bonchev–Trinajstić information content (AvgIpc) is 1.65. The maximum atomic E-state index is 5.14. The van der Waals surface area contributed by atoms with E-state index in [1.807, 2.05) is 0 Å². The van der Waals surface area contributed by atoms with Gasteiger partial charge in [0.15, 0.2) is 0 Å². The number of allylic oxidation sites excluding steroid dienone is 1. The van der Waals surface area contributed by atoms with Crippen molar-refractivity contribution in [1.29, 1.82) is 0 Å². The first-order valence-corrected chi connectivity index (χ1v) is 2.05. The van der Waals surface area contributed by atoms with Crippen LogP contribution >= 0.6 is 23.2 Å². The fourth-order valence-corrected chi connectivity index (χ4v) is 0.0945. The summed E-state index contributed by atoms with van der Waals surface area (Å²) < 4.78 is 0. The first-order valence-electron chi connectivity index (χ1n) is 1.23. The van der Waals surface area contributed by atoms with Gasteiger partial charge in [0.05, 0.1) is 0 Å². The Morgan fingerprint density at radius 1 is 1.83 bits per heavy atom. The van der Waals surface area contributed by atoms with Crippen LogP contribution in [0.4, 0.5) is 0 Å². The van der Waals surface area contributed by atoms with E-state index in [1.165, 1.54) is 0 Å². The lowest BCUT2D eigenvalue weighted by molar-refractivity contribution is 2.15. The van der Waals surface area contributed by atoms with Crippen LogP contribution in [-0.2, 0) is 0 Å². The molecule has 0 aliphatic heterocycles. The molecule has 0 radical (unpaired) electrons. The Kier molecular flexibility index (Phi) is 3.02. The third-order valence-corrected chi connectivity index (χ3v) is 0.782. The number of hydrogen-bond acceptors (Lipinski definition) is 0. The molecule has 2 heteroatoms. The molecule has 0 bridgehead atoms. The summed E-state index contributed by atoms with van der Waals surface area (Å²) in [5.74, 6) is 2.11. The van der Waals surface area contributed by atoms with Crippen LogP contribution < -0.4 is 0 Å². The smallest absolute Gasteiger partial charge is 0.101 e. The Balaban J connectivity index is 3.61. The highest BCUT2D eigenvalue weighted by Crippen LogP contribution is 1.97. The minimum Gasteiger partial charge on any atom is -0.114 e. The lowest BCUT2D eigenvalue weighted by Gasteiger charge is -1.68. The summed E-state index contributed by atoms with van der Waals surface area (Å²) in [6, 6.07) is 0. The molecular formula is C4H2Cl2. The van der Waals surface area contributed by atoms with E-state index in [-0.39, 0.29) is 5.03 Å². The van der Waals surface area contributed by atoms with Crippen LogP contribution in [0.5, 0.6) is 0 Å². The zero-order chi connectivity index (χ0) is 4.99. The zero-order valence-electron chi connectivity index (χ0n) is 2.91. The van der Waals surface area contributed by atoms with Crippen LogP contribution in [0.25, 0.3) is 0 Å². The maximum absolute atomic E-state index is 5.14. The van der Waals surface area contributed by atoms with Crippen molar-refractivity contribution in [3.63, 3.8) is 0 Å². The molecule has 0 aromatic carbocycles. The topological polar surface area (TPSA) is 0 Å².